The number of nitrogens with two attached hydrogens (primary N) is 2. The highest BCUT2D eigenvalue weighted by Gasteiger charge is 2.26. The summed E-state index contributed by atoms with van der Waals surface area (Å²) < 4.78 is 36.0. The third kappa shape index (κ3) is 9.72. The maximum atomic E-state index is 12.0. The topological polar surface area (TPSA) is 161 Å². The largest absolute Gasteiger partial charge is 0.408 e. The van der Waals surface area contributed by atoms with Crippen molar-refractivity contribution in [3.05, 3.63) is 0 Å². The third-order valence-electron chi connectivity index (χ3n) is 2.52. The number of tetrazole rings is 1. The zero-order valence-corrected chi connectivity index (χ0v) is 13.4. The first kappa shape index (κ1) is 20.1. The number of hydrogen-bond acceptors (Lipinski definition) is 6. The fourth-order valence-electron chi connectivity index (χ4n) is 1.48. The van der Waals surface area contributed by atoms with Crippen molar-refractivity contribution in [1.82, 2.24) is 25.6 Å². The lowest BCUT2D eigenvalue weighted by Crippen LogP contribution is -2.26. The first-order valence-electron chi connectivity index (χ1n) is 7.16. The molecule has 1 aromatic rings. The van der Waals surface area contributed by atoms with Gasteiger partial charge in [0, 0.05) is 13.3 Å². The van der Waals surface area contributed by atoms with Crippen molar-refractivity contribution < 1.29 is 18.0 Å². The molecule has 1 rings (SSSR count). The SMILES string of the molecule is CC(=O)NN=C(N)CCCCn1nnc(NC(N)=NCC(F)(F)F)n1. The number of aryl methyl sites for hydroxylation is 1. The first-order chi connectivity index (χ1) is 11.7. The normalized spacial score (nSPS) is 13.0. The van der Waals surface area contributed by atoms with Crippen LogP contribution in [0.4, 0.5) is 19.1 Å². The number of carbonyl (C=O) groups excluding carboxylic acids is 1. The highest BCUT2D eigenvalue weighted by molar-refractivity contribution is 5.90. The average molecular weight is 364 g/mol. The lowest BCUT2D eigenvalue weighted by Gasteiger charge is -2.03. The third-order valence-corrected chi connectivity index (χ3v) is 2.52. The molecule has 0 radical (unpaired) electrons. The minimum Gasteiger partial charge on any atom is -0.386 e. The van der Waals surface area contributed by atoms with Gasteiger partial charge < -0.3 is 11.5 Å². The molecule has 1 aromatic heterocycles. The van der Waals surface area contributed by atoms with Gasteiger partial charge in [-0.2, -0.15) is 23.1 Å². The molecule has 0 saturated heterocycles. The van der Waals surface area contributed by atoms with Gasteiger partial charge in [-0.15, -0.1) is 5.10 Å². The van der Waals surface area contributed by atoms with Crippen molar-refractivity contribution in [1.29, 1.82) is 0 Å². The Morgan fingerprint density at radius 2 is 2.04 bits per heavy atom. The summed E-state index contributed by atoms with van der Waals surface area (Å²) in [6, 6.07) is 0. The van der Waals surface area contributed by atoms with E-state index in [1.165, 1.54) is 11.7 Å². The van der Waals surface area contributed by atoms with Gasteiger partial charge in [-0.3, -0.25) is 10.1 Å². The number of hydrogen-bond donors (Lipinski definition) is 4. The van der Waals surface area contributed by atoms with Crippen molar-refractivity contribution in [3.63, 3.8) is 0 Å². The summed E-state index contributed by atoms with van der Waals surface area (Å²) in [4.78, 5) is 15.0. The van der Waals surface area contributed by atoms with Crippen LogP contribution in [0.1, 0.15) is 26.2 Å². The number of aliphatic imine (C=N–C) groups is 1. The van der Waals surface area contributed by atoms with E-state index in [1.807, 2.05) is 0 Å². The quantitative estimate of drug-likeness (QED) is 0.210. The maximum absolute atomic E-state index is 12.0. The number of amidine groups is 1. The molecular weight excluding hydrogens is 345 g/mol. The molecule has 1 amide bonds. The number of guanidine groups is 1. The Labute approximate surface area is 140 Å². The summed E-state index contributed by atoms with van der Waals surface area (Å²) in [7, 11) is 0. The summed E-state index contributed by atoms with van der Waals surface area (Å²) in [6.07, 6.45) is -2.67. The van der Waals surface area contributed by atoms with Crippen LogP contribution < -0.4 is 22.2 Å². The van der Waals surface area contributed by atoms with Gasteiger partial charge >= 0.3 is 6.18 Å². The second-order valence-electron chi connectivity index (χ2n) is 4.88. The van der Waals surface area contributed by atoms with Crippen LogP contribution in [0.25, 0.3) is 0 Å². The van der Waals surface area contributed by atoms with E-state index < -0.39 is 18.7 Å². The predicted octanol–water partition coefficient (Wildman–Crippen LogP) is -0.459. The van der Waals surface area contributed by atoms with E-state index >= 15 is 0 Å². The molecule has 140 valence electrons. The molecule has 0 aliphatic heterocycles. The number of unbranched alkanes of at least 4 members (excludes halogenated alkanes) is 1. The number of nitrogens with one attached hydrogen (secondary N) is 2. The standard InChI is InChI=1S/C11H19F3N10O/c1-7(25)19-20-8(15)4-2-3-5-24-22-10(21-23-24)18-9(16)17-6-11(12,13)14/h2-6H2,1H3,(H2,15,20)(H,19,25)(H3,16,17,18,22). The van der Waals surface area contributed by atoms with E-state index in [1.54, 1.807) is 0 Å². The predicted molar refractivity (Wildman–Crippen MR) is 83.3 cm³/mol. The molecular formula is C11H19F3N10O. The van der Waals surface area contributed by atoms with Crippen molar-refractivity contribution >= 4 is 23.7 Å². The molecule has 0 bridgehead atoms. The van der Waals surface area contributed by atoms with E-state index in [4.69, 9.17) is 11.5 Å². The molecule has 14 heteroatoms. The Bertz CT molecular complexity index is 624. The van der Waals surface area contributed by atoms with E-state index in [0.29, 0.717) is 25.8 Å². The number of nitrogens with zero attached hydrogens (tertiary/aromatic N) is 6. The number of carbonyl (C=O) groups is 1. The minimum absolute atomic E-state index is 0.0600. The number of hydrazone groups is 1. The number of aromatic nitrogens is 4. The Balaban J connectivity index is 2.34. The minimum atomic E-state index is -4.44. The van der Waals surface area contributed by atoms with Crippen LogP contribution in [0.2, 0.25) is 0 Å². The van der Waals surface area contributed by atoms with Crippen LogP contribution in [0.3, 0.4) is 0 Å². The Morgan fingerprint density at radius 1 is 1.32 bits per heavy atom. The summed E-state index contributed by atoms with van der Waals surface area (Å²) in [6.45, 7) is 0.322. The van der Waals surface area contributed by atoms with Gasteiger partial charge in [-0.05, 0) is 18.1 Å². The molecule has 0 aliphatic rings. The lowest BCUT2D eigenvalue weighted by molar-refractivity contribution is -0.119. The van der Waals surface area contributed by atoms with E-state index in [0.717, 1.165) is 0 Å². The smallest absolute Gasteiger partial charge is 0.386 e. The van der Waals surface area contributed by atoms with E-state index in [2.05, 4.69) is 36.2 Å². The van der Waals surface area contributed by atoms with Crippen LogP contribution in [0, 0.1) is 0 Å². The molecule has 0 aliphatic carbocycles. The molecule has 11 nitrogen and oxygen atoms in total. The van der Waals surface area contributed by atoms with Crippen LogP contribution in [0.5, 0.6) is 0 Å². The fraction of sp³-hybridized carbons (Fsp3) is 0.636. The molecule has 0 unspecified atom stereocenters. The summed E-state index contributed by atoms with van der Waals surface area (Å²) >= 11 is 0. The van der Waals surface area contributed by atoms with E-state index in [-0.39, 0.29) is 17.7 Å². The Kier molecular flexibility index (Phi) is 7.55. The second kappa shape index (κ2) is 9.39. The van der Waals surface area contributed by atoms with Crippen LogP contribution in [-0.4, -0.2) is 50.6 Å². The molecule has 25 heavy (non-hydrogen) atoms. The van der Waals surface area contributed by atoms with Crippen molar-refractivity contribution in [2.75, 3.05) is 11.9 Å². The maximum Gasteiger partial charge on any atom is 0.408 e. The Hall–Kier alpha value is -2.93. The molecule has 0 fully saturated rings. The molecule has 0 saturated carbocycles. The summed E-state index contributed by atoms with van der Waals surface area (Å²) in [5, 5.41) is 17.2. The number of amides is 1. The number of alkyl halides is 3. The molecule has 6 N–H and O–H groups in total. The van der Waals surface area contributed by atoms with Crippen LogP contribution >= 0.6 is 0 Å². The van der Waals surface area contributed by atoms with E-state index in [9.17, 15) is 18.0 Å². The van der Waals surface area contributed by atoms with Gasteiger partial charge in [0.25, 0.3) is 5.95 Å². The summed E-state index contributed by atoms with van der Waals surface area (Å²) in [5.74, 6) is -0.542. The van der Waals surface area contributed by atoms with Gasteiger partial charge in [0.1, 0.15) is 12.4 Å². The summed E-state index contributed by atoms with van der Waals surface area (Å²) in [5.41, 5.74) is 13.1. The Morgan fingerprint density at radius 3 is 2.68 bits per heavy atom. The van der Waals surface area contributed by atoms with Gasteiger partial charge in [-0.1, -0.05) is 5.10 Å². The number of anilines is 1. The fourth-order valence-corrected chi connectivity index (χ4v) is 1.48. The highest BCUT2D eigenvalue weighted by Crippen LogP contribution is 2.14. The van der Waals surface area contributed by atoms with Crippen LogP contribution in [0.15, 0.2) is 10.1 Å². The molecule has 1 heterocycles. The van der Waals surface area contributed by atoms with Crippen molar-refractivity contribution in [3.8, 4) is 0 Å². The number of rotatable bonds is 8. The molecule has 0 aromatic carbocycles. The van der Waals surface area contributed by atoms with Crippen molar-refractivity contribution in [2.24, 2.45) is 21.6 Å². The monoisotopic (exact) mass is 364 g/mol. The lowest BCUT2D eigenvalue weighted by atomic mass is 10.2. The zero-order chi connectivity index (χ0) is 18.9. The van der Waals surface area contributed by atoms with Gasteiger partial charge in [0.15, 0.2) is 5.96 Å². The second-order valence-corrected chi connectivity index (χ2v) is 4.88. The molecule has 0 atom stereocenters. The zero-order valence-electron chi connectivity index (χ0n) is 13.4. The highest BCUT2D eigenvalue weighted by atomic mass is 19.4. The number of halogens is 3. The first-order valence-corrected chi connectivity index (χ1v) is 7.16. The average Bonchev–Trinajstić information content (AvgIpc) is 2.94. The van der Waals surface area contributed by atoms with Gasteiger partial charge in [0.05, 0.1) is 6.54 Å². The molecule has 0 spiro atoms. The van der Waals surface area contributed by atoms with Gasteiger partial charge in [0.2, 0.25) is 5.91 Å². The van der Waals surface area contributed by atoms with Crippen molar-refractivity contribution in [2.45, 2.75) is 38.9 Å². The van der Waals surface area contributed by atoms with Gasteiger partial charge in [-0.25, -0.2) is 10.4 Å². The van der Waals surface area contributed by atoms with Crippen LogP contribution in [-0.2, 0) is 11.3 Å².